The number of aliphatic carboxylic acids is 1. The lowest BCUT2D eigenvalue weighted by atomic mass is 10.0. The molecule has 1 aliphatic heterocycles. The van der Waals surface area contributed by atoms with E-state index in [0.717, 1.165) is 16.9 Å². The van der Waals surface area contributed by atoms with Crippen molar-refractivity contribution in [1.82, 2.24) is 9.55 Å². The summed E-state index contributed by atoms with van der Waals surface area (Å²) < 4.78 is 19.2. The summed E-state index contributed by atoms with van der Waals surface area (Å²) in [5, 5.41) is 9.98. The van der Waals surface area contributed by atoms with Crippen LogP contribution in [0.2, 0.25) is 5.02 Å². The summed E-state index contributed by atoms with van der Waals surface area (Å²) in [5.41, 5.74) is 2.80. The Balaban J connectivity index is 1.96. The summed E-state index contributed by atoms with van der Waals surface area (Å²) in [6.45, 7) is 0. The van der Waals surface area contributed by atoms with Crippen LogP contribution >= 0.6 is 11.6 Å². The van der Waals surface area contributed by atoms with Gasteiger partial charge in [0.1, 0.15) is 17.9 Å². The van der Waals surface area contributed by atoms with E-state index in [1.54, 1.807) is 31.5 Å². The van der Waals surface area contributed by atoms with Crippen LogP contribution in [0.3, 0.4) is 0 Å². The van der Waals surface area contributed by atoms with E-state index in [1.807, 2.05) is 29.0 Å². The van der Waals surface area contributed by atoms with E-state index in [4.69, 9.17) is 25.8 Å². The molecule has 0 amide bonds. The van der Waals surface area contributed by atoms with Gasteiger partial charge in [-0.05, 0) is 30.3 Å². The first-order chi connectivity index (χ1) is 14.0. The number of fused-ring (bicyclic) bond motifs is 3. The van der Waals surface area contributed by atoms with Crippen molar-refractivity contribution >= 4 is 17.6 Å². The molecule has 0 aliphatic carbocycles. The third-order valence-corrected chi connectivity index (χ3v) is 5.11. The fourth-order valence-electron chi connectivity index (χ4n) is 3.66. The Morgan fingerprint density at radius 3 is 2.83 bits per heavy atom. The van der Waals surface area contributed by atoms with Gasteiger partial charge < -0.3 is 23.9 Å². The number of methoxy groups -OCH3 is 2. The Labute approximate surface area is 172 Å². The van der Waals surface area contributed by atoms with Crippen LogP contribution in [0, 0.1) is 0 Å². The highest BCUT2D eigenvalue weighted by Crippen LogP contribution is 2.45. The van der Waals surface area contributed by atoms with Crippen LogP contribution < -0.4 is 9.47 Å². The van der Waals surface area contributed by atoms with Gasteiger partial charge in [0.05, 0.1) is 32.0 Å². The van der Waals surface area contributed by atoms with Crippen LogP contribution in [0.4, 0.5) is 0 Å². The second-order valence-corrected chi connectivity index (χ2v) is 6.98. The quantitative estimate of drug-likeness (QED) is 0.674. The lowest BCUT2D eigenvalue weighted by Gasteiger charge is -2.23. The molecule has 2 aromatic heterocycles. The second kappa shape index (κ2) is 7.77. The number of benzene rings is 1. The number of ether oxygens (including phenoxy) is 3. The zero-order valence-electron chi connectivity index (χ0n) is 15.8. The van der Waals surface area contributed by atoms with Gasteiger partial charge in [-0.1, -0.05) is 11.6 Å². The predicted molar refractivity (Wildman–Crippen MR) is 106 cm³/mol. The number of aromatic nitrogens is 2. The number of hydrogen-bond donors (Lipinski definition) is 1. The number of nitrogens with zero attached hydrogens (tertiary/aromatic N) is 2. The van der Waals surface area contributed by atoms with Gasteiger partial charge in [0.25, 0.3) is 0 Å². The first-order valence-electron chi connectivity index (χ1n) is 8.94. The molecule has 3 heterocycles. The highest BCUT2D eigenvalue weighted by molar-refractivity contribution is 6.30. The normalized spacial score (nSPS) is 17.8. The highest BCUT2D eigenvalue weighted by Gasteiger charge is 2.34. The van der Waals surface area contributed by atoms with Gasteiger partial charge in [-0.2, -0.15) is 0 Å². The summed E-state index contributed by atoms with van der Waals surface area (Å²) in [6, 6.07) is 10.9. The third kappa shape index (κ3) is 3.43. The molecule has 29 heavy (non-hydrogen) atoms. The topological polar surface area (TPSA) is 82.8 Å². The van der Waals surface area contributed by atoms with E-state index in [2.05, 4.69) is 4.98 Å². The second-order valence-electron chi connectivity index (χ2n) is 6.54. The minimum absolute atomic E-state index is 0.200. The van der Waals surface area contributed by atoms with Gasteiger partial charge in [-0.3, -0.25) is 9.78 Å². The largest absolute Gasteiger partial charge is 0.493 e. The van der Waals surface area contributed by atoms with Crippen molar-refractivity contribution in [2.24, 2.45) is 0 Å². The van der Waals surface area contributed by atoms with E-state index in [9.17, 15) is 9.90 Å². The molecule has 0 fully saturated rings. The number of carboxylic acid groups (broad SMARTS) is 1. The average Bonchev–Trinajstić information content (AvgIpc) is 3.15. The number of pyridine rings is 1. The van der Waals surface area contributed by atoms with Crippen LogP contribution in [-0.2, 0) is 9.53 Å². The molecule has 150 valence electrons. The maximum Gasteiger partial charge on any atom is 0.306 e. The highest BCUT2D eigenvalue weighted by atomic mass is 35.5. The van der Waals surface area contributed by atoms with Gasteiger partial charge in [0.2, 0.25) is 0 Å². The smallest absolute Gasteiger partial charge is 0.306 e. The van der Waals surface area contributed by atoms with Gasteiger partial charge in [0, 0.05) is 29.0 Å². The maximum absolute atomic E-state index is 11.5. The van der Waals surface area contributed by atoms with E-state index >= 15 is 0 Å². The van der Waals surface area contributed by atoms with Crippen molar-refractivity contribution < 1.29 is 24.1 Å². The molecule has 1 aliphatic rings. The molecule has 0 bridgehead atoms. The number of carboxylic acids is 1. The third-order valence-electron chi connectivity index (χ3n) is 4.87. The molecular formula is C21H19ClN2O5. The zero-order chi connectivity index (χ0) is 20.5. The molecule has 0 radical (unpaired) electrons. The van der Waals surface area contributed by atoms with Crippen molar-refractivity contribution in [3.63, 3.8) is 0 Å². The molecule has 1 aromatic carbocycles. The van der Waals surface area contributed by atoms with Crippen LogP contribution in [-0.4, -0.2) is 34.8 Å². The molecular weight excluding hydrogens is 396 g/mol. The molecule has 2 unspecified atom stereocenters. The first-order valence-corrected chi connectivity index (χ1v) is 9.32. The first kappa shape index (κ1) is 19.3. The monoisotopic (exact) mass is 414 g/mol. The lowest BCUT2D eigenvalue weighted by Crippen LogP contribution is -2.15. The van der Waals surface area contributed by atoms with Crippen LogP contribution in [0.15, 0.2) is 48.8 Å². The summed E-state index contributed by atoms with van der Waals surface area (Å²) in [7, 11) is 3.07. The predicted octanol–water partition coefficient (Wildman–Crippen LogP) is 4.18. The Morgan fingerprint density at radius 1 is 1.28 bits per heavy atom. The number of rotatable bonds is 5. The molecule has 4 rings (SSSR count). The molecule has 7 nitrogen and oxygen atoms in total. The molecule has 8 heteroatoms. The van der Waals surface area contributed by atoms with Crippen LogP contribution in [0.25, 0.3) is 5.69 Å². The Morgan fingerprint density at radius 2 is 2.10 bits per heavy atom. The number of carbonyl (C=O) groups is 1. The molecule has 2 atom stereocenters. The van der Waals surface area contributed by atoms with E-state index in [0.29, 0.717) is 22.2 Å². The zero-order valence-corrected chi connectivity index (χ0v) is 16.6. The Kier molecular flexibility index (Phi) is 5.17. The number of halogens is 1. The van der Waals surface area contributed by atoms with Crippen molar-refractivity contribution in [2.45, 2.75) is 18.6 Å². The molecule has 0 saturated heterocycles. The summed E-state index contributed by atoms with van der Waals surface area (Å²) >= 11 is 6.30. The minimum atomic E-state index is -0.962. The summed E-state index contributed by atoms with van der Waals surface area (Å²) in [4.78, 5) is 16.0. The van der Waals surface area contributed by atoms with Crippen molar-refractivity contribution in [2.75, 3.05) is 14.2 Å². The lowest BCUT2D eigenvalue weighted by molar-refractivity contribution is -0.141. The minimum Gasteiger partial charge on any atom is -0.493 e. The Bertz CT molecular complexity index is 1060. The van der Waals surface area contributed by atoms with Crippen LogP contribution in [0.5, 0.6) is 11.5 Å². The van der Waals surface area contributed by atoms with E-state index in [-0.39, 0.29) is 6.42 Å². The van der Waals surface area contributed by atoms with Gasteiger partial charge in [-0.25, -0.2) is 0 Å². The van der Waals surface area contributed by atoms with Crippen molar-refractivity contribution in [1.29, 1.82) is 0 Å². The summed E-state index contributed by atoms with van der Waals surface area (Å²) in [6.07, 6.45) is 1.86. The summed E-state index contributed by atoms with van der Waals surface area (Å²) in [5.74, 6) is -0.0362. The average molecular weight is 415 g/mol. The molecule has 0 saturated carbocycles. The van der Waals surface area contributed by atoms with Crippen molar-refractivity contribution in [3.8, 4) is 17.2 Å². The van der Waals surface area contributed by atoms with E-state index < -0.39 is 18.2 Å². The maximum atomic E-state index is 11.5. The molecule has 0 spiro atoms. The van der Waals surface area contributed by atoms with Gasteiger partial charge in [-0.15, -0.1) is 0 Å². The van der Waals surface area contributed by atoms with Gasteiger partial charge in [0.15, 0.2) is 11.5 Å². The fourth-order valence-corrected chi connectivity index (χ4v) is 3.84. The van der Waals surface area contributed by atoms with Crippen LogP contribution in [0.1, 0.15) is 35.6 Å². The molecule has 1 N–H and O–H groups in total. The van der Waals surface area contributed by atoms with E-state index in [1.165, 1.54) is 7.11 Å². The van der Waals surface area contributed by atoms with Gasteiger partial charge >= 0.3 is 5.97 Å². The Hall–Kier alpha value is -3.03. The standard InChI is InChI=1S/C21H19ClN2O5/c1-27-16-7-8-23-19(21(16)28-2)20-13-10-12(22)5-6-14(13)24-9-3-4-15(24)17(29-20)11-18(25)26/h3-10,17,20H,11H2,1-2H3,(H,25,26). The van der Waals surface area contributed by atoms with Crippen molar-refractivity contribution in [3.05, 3.63) is 70.8 Å². The molecule has 3 aromatic rings. The fraction of sp³-hybridized carbons (Fsp3) is 0.238. The number of hydrogen-bond acceptors (Lipinski definition) is 5. The SMILES string of the molecule is COc1ccnc(C2OC(CC(=O)O)c3cccn3-c3ccc(Cl)cc32)c1OC.